The van der Waals surface area contributed by atoms with Gasteiger partial charge in [-0.25, -0.2) is 4.68 Å². The Kier molecular flexibility index (Phi) is 4.10. The molecule has 1 aromatic heterocycles. The van der Waals surface area contributed by atoms with Crippen molar-refractivity contribution in [1.82, 2.24) is 9.78 Å². The van der Waals surface area contributed by atoms with Gasteiger partial charge in [0, 0.05) is 12.0 Å². The number of rotatable bonds is 2. The molecule has 136 valence electrons. The number of hydrogen-bond acceptors (Lipinski definition) is 5. The molecule has 2 aliphatic rings. The second-order valence-electron chi connectivity index (χ2n) is 8.05. The number of ether oxygens (including phenoxy) is 1. The van der Waals surface area contributed by atoms with Crippen molar-refractivity contribution >= 4 is 23.6 Å². The lowest BCUT2D eigenvalue weighted by Gasteiger charge is -2.32. The van der Waals surface area contributed by atoms with Crippen molar-refractivity contribution in [2.75, 3.05) is 6.61 Å². The molecule has 0 aliphatic carbocycles. The van der Waals surface area contributed by atoms with Crippen LogP contribution in [0.2, 0.25) is 0 Å². The van der Waals surface area contributed by atoms with Crippen LogP contribution in [0.25, 0.3) is 10.9 Å². The number of nitriles is 1. The quantitative estimate of drug-likeness (QED) is 0.777. The van der Waals surface area contributed by atoms with Gasteiger partial charge in [0.2, 0.25) is 0 Å². The van der Waals surface area contributed by atoms with E-state index in [1.807, 2.05) is 50.6 Å². The molecule has 6 nitrogen and oxygen atoms in total. The van der Waals surface area contributed by atoms with Crippen molar-refractivity contribution < 1.29 is 14.0 Å². The van der Waals surface area contributed by atoms with Crippen LogP contribution in [-0.4, -0.2) is 34.7 Å². The van der Waals surface area contributed by atoms with E-state index in [0.29, 0.717) is 17.8 Å². The minimum atomic E-state index is -0.568. The first-order chi connectivity index (χ1) is 12.3. The Hall–Kier alpha value is -1.88. The van der Waals surface area contributed by atoms with E-state index in [9.17, 15) is 5.26 Å². The maximum Gasteiger partial charge on any atom is 0.517 e. The van der Waals surface area contributed by atoms with Gasteiger partial charge in [-0.3, -0.25) is 0 Å². The number of benzene rings is 1. The lowest BCUT2D eigenvalue weighted by atomic mass is 9.82. The van der Waals surface area contributed by atoms with E-state index in [4.69, 9.17) is 19.1 Å². The second-order valence-corrected chi connectivity index (χ2v) is 8.05. The summed E-state index contributed by atoms with van der Waals surface area (Å²) in [5.41, 5.74) is 1.22. The third-order valence-electron chi connectivity index (χ3n) is 5.78. The molecule has 2 fully saturated rings. The number of fused-ring (bicyclic) bond motifs is 1. The zero-order valence-corrected chi connectivity index (χ0v) is 15.8. The van der Waals surface area contributed by atoms with Crippen LogP contribution in [0.1, 0.15) is 58.7 Å². The fourth-order valence-electron chi connectivity index (χ4n) is 3.56. The van der Waals surface area contributed by atoms with Gasteiger partial charge in [0.15, 0.2) is 6.23 Å². The molecule has 4 rings (SSSR count). The van der Waals surface area contributed by atoms with E-state index in [1.165, 1.54) is 0 Å². The highest BCUT2D eigenvalue weighted by Crippen LogP contribution is 2.37. The monoisotopic (exact) mass is 353 g/mol. The van der Waals surface area contributed by atoms with Gasteiger partial charge in [-0.2, -0.15) is 10.4 Å². The second kappa shape index (κ2) is 6.09. The summed E-state index contributed by atoms with van der Waals surface area (Å²) in [6.45, 7) is 8.81. The van der Waals surface area contributed by atoms with Gasteiger partial charge >= 0.3 is 7.12 Å². The van der Waals surface area contributed by atoms with Gasteiger partial charge in [-0.1, -0.05) is 12.1 Å². The van der Waals surface area contributed by atoms with E-state index < -0.39 is 18.3 Å². The van der Waals surface area contributed by atoms with Crippen LogP contribution in [-0.2, 0) is 14.0 Å². The van der Waals surface area contributed by atoms with Crippen LogP contribution in [0.3, 0.4) is 0 Å². The molecule has 1 aromatic carbocycles. The number of hydrogen-bond donors (Lipinski definition) is 0. The van der Waals surface area contributed by atoms with Crippen molar-refractivity contribution in [3.8, 4) is 6.07 Å². The fourth-order valence-corrected chi connectivity index (χ4v) is 3.56. The van der Waals surface area contributed by atoms with Crippen molar-refractivity contribution in [2.24, 2.45) is 0 Å². The molecule has 2 aromatic rings. The van der Waals surface area contributed by atoms with Gasteiger partial charge < -0.3 is 14.0 Å². The summed E-state index contributed by atoms with van der Waals surface area (Å²) in [6, 6.07) is 7.96. The summed E-state index contributed by atoms with van der Waals surface area (Å²) in [5.74, 6) is 0. The average molecular weight is 353 g/mol. The molecule has 0 saturated carbocycles. The number of para-hydroxylation sites is 1. The molecule has 7 heteroatoms. The van der Waals surface area contributed by atoms with Gasteiger partial charge in [0.1, 0.15) is 11.7 Å². The van der Waals surface area contributed by atoms with Crippen LogP contribution in [0, 0.1) is 11.3 Å². The van der Waals surface area contributed by atoms with Gasteiger partial charge in [-0.05, 0) is 53.0 Å². The summed E-state index contributed by atoms with van der Waals surface area (Å²) in [6.07, 6.45) is 2.88. The Bertz CT molecular complexity index is 862. The van der Waals surface area contributed by atoms with E-state index in [2.05, 4.69) is 6.07 Å². The van der Waals surface area contributed by atoms with Crippen molar-refractivity contribution in [3.05, 3.63) is 23.8 Å². The number of aromatic nitrogens is 2. The summed E-state index contributed by atoms with van der Waals surface area (Å²) in [4.78, 5) is 0. The van der Waals surface area contributed by atoms with Crippen LogP contribution in [0.5, 0.6) is 0 Å². The minimum Gasteiger partial charge on any atom is -0.398 e. The topological polar surface area (TPSA) is 69.3 Å². The lowest BCUT2D eigenvalue weighted by Crippen LogP contribution is -2.41. The summed E-state index contributed by atoms with van der Waals surface area (Å²) in [5, 5.41) is 15.3. The highest BCUT2D eigenvalue weighted by atomic mass is 16.7. The Morgan fingerprint density at radius 3 is 2.54 bits per heavy atom. The Balaban J connectivity index is 1.85. The van der Waals surface area contributed by atoms with Crippen molar-refractivity contribution in [1.29, 1.82) is 5.26 Å². The van der Waals surface area contributed by atoms with E-state index in [0.717, 1.165) is 30.2 Å². The largest absolute Gasteiger partial charge is 0.517 e. The first-order valence-corrected chi connectivity index (χ1v) is 9.22. The number of nitrogens with zero attached hydrogens (tertiary/aromatic N) is 3. The van der Waals surface area contributed by atoms with Crippen LogP contribution < -0.4 is 5.59 Å². The van der Waals surface area contributed by atoms with Gasteiger partial charge in [-0.15, -0.1) is 0 Å². The molecular formula is C19H24BN3O3. The first kappa shape index (κ1) is 17.5. The molecule has 0 bridgehead atoms. The molecule has 3 heterocycles. The summed E-state index contributed by atoms with van der Waals surface area (Å²) in [7, 11) is -0.568. The molecule has 2 aliphatic heterocycles. The van der Waals surface area contributed by atoms with Crippen LogP contribution >= 0.6 is 0 Å². The predicted octanol–water partition coefficient (Wildman–Crippen LogP) is 2.91. The minimum absolute atomic E-state index is 0.156. The Morgan fingerprint density at radius 2 is 1.92 bits per heavy atom. The Morgan fingerprint density at radius 1 is 1.19 bits per heavy atom. The molecule has 1 atom stereocenters. The first-order valence-electron chi connectivity index (χ1n) is 9.22. The normalized spacial score (nSPS) is 24.7. The van der Waals surface area contributed by atoms with Crippen LogP contribution in [0.15, 0.2) is 18.2 Å². The highest BCUT2D eigenvalue weighted by Gasteiger charge is 2.53. The highest BCUT2D eigenvalue weighted by molar-refractivity contribution is 6.64. The molecule has 0 amide bonds. The molecule has 0 spiro atoms. The lowest BCUT2D eigenvalue weighted by molar-refractivity contribution is -0.0365. The van der Waals surface area contributed by atoms with Crippen LogP contribution in [0.4, 0.5) is 0 Å². The molecule has 2 saturated heterocycles. The Labute approximate surface area is 154 Å². The van der Waals surface area contributed by atoms with Crippen molar-refractivity contribution in [3.63, 3.8) is 0 Å². The zero-order chi connectivity index (χ0) is 18.5. The van der Waals surface area contributed by atoms with E-state index >= 15 is 0 Å². The van der Waals surface area contributed by atoms with Crippen molar-refractivity contribution in [2.45, 2.75) is 64.4 Å². The maximum absolute atomic E-state index is 9.60. The van der Waals surface area contributed by atoms with E-state index in [1.54, 1.807) is 0 Å². The summed E-state index contributed by atoms with van der Waals surface area (Å²) >= 11 is 0. The SMILES string of the molecule is CC1(C)OB(c2nn(C3CCCCO3)c3c(C#N)cccc23)OC1(C)C. The zero-order valence-electron chi connectivity index (χ0n) is 15.8. The third kappa shape index (κ3) is 2.64. The molecule has 26 heavy (non-hydrogen) atoms. The molecule has 0 radical (unpaired) electrons. The average Bonchev–Trinajstić information content (AvgIpc) is 3.10. The van der Waals surface area contributed by atoms with Gasteiger partial charge in [0.05, 0.1) is 22.3 Å². The standard InChI is InChI=1S/C19H24BN3O3/c1-18(2)19(3,4)26-20(25-18)17-14-9-7-8-13(12-21)16(14)23(22-17)15-10-5-6-11-24-15/h7-9,15H,5-6,10-11H2,1-4H3. The predicted molar refractivity (Wildman–Crippen MR) is 99.0 cm³/mol. The maximum atomic E-state index is 9.60. The third-order valence-corrected chi connectivity index (χ3v) is 5.78. The molecular weight excluding hydrogens is 329 g/mol. The summed E-state index contributed by atoms with van der Waals surface area (Å²) < 4.78 is 20.2. The molecule has 0 N–H and O–H groups in total. The fraction of sp³-hybridized carbons (Fsp3) is 0.579. The molecule has 1 unspecified atom stereocenters. The van der Waals surface area contributed by atoms with Gasteiger partial charge in [0.25, 0.3) is 0 Å². The van der Waals surface area contributed by atoms with E-state index in [-0.39, 0.29) is 6.23 Å². The smallest absolute Gasteiger partial charge is 0.398 e.